The molecular formula is C24H33ClN2O2. The van der Waals surface area contributed by atoms with Crippen molar-refractivity contribution in [3.63, 3.8) is 0 Å². The maximum atomic E-state index is 10.7. The predicted molar refractivity (Wildman–Crippen MR) is 122 cm³/mol. The van der Waals surface area contributed by atoms with Crippen molar-refractivity contribution in [2.45, 2.75) is 65.0 Å². The van der Waals surface area contributed by atoms with Crippen LogP contribution in [0.3, 0.4) is 0 Å². The standard InChI is InChI=1S/C24H32N2O2.ClH/c1-5-17(3)20-11-7-10-14-23(20)28-16-19(27)15-26-22-13-9-8-12-21(22)25-24(26)18(4)6-2;/h7-14,17-19,27H,5-6,15-16H2,1-4H3;1H. The van der Waals surface area contributed by atoms with Gasteiger partial charge in [-0.1, -0.05) is 58.0 Å². The van der Waals surface area contributed by atoms with Crippen molar-refractivity contribution < 1.29 is 9.84 Å². The number of hydrogen-bond donors (Lipinski definition) is 1. The van der Waals surface area contributed by atoms with Crippen molar-refractivity contribution in [3.05, 3.63) is 59.9 Å². The number of nitrogens with zero attached hydrogens (tertiary/aromatic N) is 2. The molecule has 0 aliphatic carbocycles. The van der Waals surface area contributed by atoms with Crippen LogP contribution in [0.25, 0.3) is 11.0 Å². The lowest BCUT2D eigenvalue weighted by Gasteiger charge is -2.20. The summed E-state index contributed by atoms with van der Waals surface area (Å²) < 4.78 is 8.18. The molecule has 5 heteroatoms. The van der Waals surface area contributed by atoms with Crippen LogP contribution in [0.15, 0.2) is 48.5 Å². The Balaban J connectivity index is 0.00000300. The van der Waals surface area contributed by atoms with Crippen LogP contribution in [0, 0.1) is 0 Å². The zero-order chi connectivity index (χ0) is 20.1. The molecule has 29 heavy (non-hydrogen) atoms. The molecule has 4 nitrogen and oxygen atoms in total. The summed E-state index contributed by atoms with van der Waals surface area (Å²) in [6.45, 7) is 9.47. The van der Waals surface area contributed by atoms with Crippen molar-refractivity contribution in [3.8, 4) is 5.75 Å². The topological polar surface area (TPSA) is 47.3 Å². The number of ether oxygens (including phenoxy) is 1. The van der Waals surface area contributed by atoms with Gasteiger partial charge in [0, 0.05) is 5.92 Å². The Bertz CT molecular complexity index is 909. The average molecular weight is 417 g/mol. The van der Waals surface area contributed by atoms with E-state index in [4.69, 9.17) is 9.72 Å². The maximum Gasteiger partial charge on any atom is 0.122 e. The molecule has 0 bridgehead atoms. The first-order valence-electron chi connectivity index (χ1n) is 10.4. The maximum absolute atomic E-state index is 10.7. The van der Waals surface area contributed by atoms with E-state index in [1.54, 1.807) is 0 Å². The molecule has 3 unspecified atom stereocenters. The van der Waals surface area contributed by atoms with Crippen molar-refractivity contribution in [1.82, 2.24) is 9.55 Å². The number of aromatic nitrogens is 2. The van der Waals surface area contributed by atoms with E-state index >= 15 is 0 Å². The monoisotopic (exact) mass is 416 g/mol. The third kappa shape index (κ3) is 5.31. The van der Waals surface area contributed by atoms with Gasteiger partial charge in [-0.15, -0.1) is 12.4 Å². The molecule has 0 spiro atoms. The fraction of sp³-hybridized carbons (Fsp3) is 0.458. The number of fused-ring (bicyclic) bond motifs is 1. The molecule has 3 rings (SSSR count). The smallest absolute Gasteiger partial charge is 0.122 e. The highest BCUT2D eigenvalue weighted by molar-refractivity contribution is 5.85. The van der Waals surface area contributed by atoms with Gasteiger partial charge >= 0.3 is 0 Å². The first-order valence-corrected chi connectivity index (χ1v) is 10.4. The number of hydrogen-bond acceptors (Lipinski definition) is 3. The second kappa shape index (κ2) is 10.7. The number of aliphatic hydroxyl groups excluding tert-OH is 1. The summed E-state index contributed by atoms with van der Waals surface area (Å²) in [5.74, 6) is 2.67. The van der Waals surface area contributed by atoms with Gasteiger partial charge in [0.2, 0.25) is 0 Å². The van der Waals surface area contributed by atoms with E-state index in [9.17, 15) is 5.11 Å². The fourth-order valence-corrected chi connectivity index (χ4v) is 3.53. The molecule has 3 aromatic rings. The molecule has 0 aliphatic rings. The minimum absolute atomic E-state index is 0. The summed E-state index contributed by atoms with van der Waals surface area (Å²) in [6.07, 6.45) is 1.46. The van der Waals surface area contributed by atoms with Crippen molar-refractivity contribution >= 4 is 23.4 Å². The van der Waals surface area contributed by atoms with Gasteiger partial charge in [0.1, 0.15) is 24.3 Å². The zero-order valence-corrected chi connectivity index (χ0v) is 18.7. The Morgan fingerprint density at radius 3 is 2.34 bits per heavy atom. The minimum atomic E-state index is -0.606. The van der Waals surface area contributed by atoms with Gasteiger partial charge in [-0.3, -0.25) is 0 Å². The van der Waals surface area contributed by atoms with Crippen LogP contribution in [0.4, 0.5) is 0 Å². The minimum Gasteiger partial charge on any atom is -0.491 e. The highest BCUT2D eigenvalue weighted by atomic mass is 35.5. The lowest BCUT2D eigenvalue weighted by atomic mass is 9.98. The summed E-state index contributed by atoms with van der Waals surface area (Å²) in [5, 5.41) is 10.7. The Kier molecular flexibility index (Phi) is 8.54. The van der Waals surface area contributed by atoms with Crippen LogP contribution in [-0.2, 0) is 6.54 Å². The van der Waals surface area contributed by atoms with Crippen molar-refractivity contribution in [2.24, 2.45) is 0 Å². The van der Waals surface area contributed by atoms with E-state index in [1.807, 2.05) is 36.4 Å². The molecular weight excluding hydrogens is 384 g/mol. The fourth-order valence-electron chi connectivity index (χ4n) is 3.53. The molecule has 1 N–H and O–H groups in total. The molecule has 0 radical (unpaired) electrons. The zero-order valence-electron chi connectivity index (χ0n) is 17.8. The Labute approximate surface area is 180 Å². The average Bonchev–Trinajstić information content (AvgIpc) is 3.09. The number of para-hydroxylation sites is 3. The lowest BCUT2D eigenvalue weighted by Crippen LogP contribution is -2.25. The molecule has 1 aromatic heterocycles. The lowest BCUT2D eigenvalue weighted by molar-refractivity contribution is 0.0918. The first-order chi connectivity index (χ1) is 13.5. The molecule has 0 fully saturated rings. The molecule has 1 heterocycles. The molecule has 3 atom stereocenters. The van der Waals surface area contributed by atoms with Crippen LogP contribution < -0.4 is 4.74 Å². The second-order valence-corrected chi connectivity index (χ2v) is 7.69. The molecule has 0 aliphatic heterocycles. The molecule has 2 aromatic carbocycles. The summed E-state index contributed by atoms with van der Waals surface area (Å²) in [5.41, 5.74) is 3.25. The first kappa shape index (κ1) is 23.2. The number of halogens is 1. The summed E-state index contributed by atoms with van der Waals surface area (Å²) in [7, 11) is 0. The van der Waals surface area contributed by atoms with E-state index in [-0.39, 0.29) is 19.0 Å². The molecule has 158 valence electrons. The summed E-state index contributed by atoms with van der Waals surface area (Å²) >= 11 is 0. The number of rotatable bonds is 9. The number of benzene rings is 2. The molecule has 0 saturated heterocycles. The van der Waals surface area contributed by atoms with E-state index in [0.29, 0.717) is 18.4 Å². The van der Waals surface area contributed by atoms with E-state index < -0.39 is 6.10 Å². The number of imidazole rings is 1. The van der Waals surface area contributed by atoms with Crippen LogP contribution >= 0.6 is 12.4 Å². The van der Waals surface area contributed by atoms with Gasteiger partial charge < -0.3 is 14.4 Å². The molecule has 0 saturated carbocycles. The third-order valence-corrected chi connectivity index (χ3v) is 5.62. The van der Waals surface area contributed by atoms with Crippen LogP contribution in [-0.4, -0.2) is 27.4 Å². The van der Waals surface area contributed by atoms with Gasteiger partial charge in [-0.05, 0) is 42.5 Å². The summed E-state index contributed by atoms with van der Waals surface area (Å²) in [4.78, 5) is 4.81. The second-order valence-electron chi connectivity index (χ2n) is 7.69. The van der Waals surface area contributed by atoms with Crippen LogP contribution in [0.1, 0.15) is 63.8 Å². The van der Waals surface area contributed by atoms with E-state index in [1.165, 1.54) is 5.56 Å². The Morgan fingerprint density at radius 1 is 0.966 bits per heavy atom. The van der Waals surface area contributed by atoms with E-state index in [2.05, 4.69) is 44.4 Å². The Hall–Kier alpha value is -2.04. The van der Waals surface area contributed by atoms with Gasteiger partial charge in [-0.2, -0.15) is 0 Å². The highest BCUT2D eigenvalue weighted by Gasteiger charge is 2.18. The highest BCUT2D eigenvalue weighted by Crippen LogP contribution is 2.29. The Morgan fingerprint density at radius 2 is 1.62 bits per heavy atom. The van der Waals surface area contributed by atoms with Gasteiger partial charge in [0.15, 0.2) is 0 Å². The number of aliphatic hydroxyl groups is 1. The van der Waals surface area contributed by atoms with Crippen molar-refractivity contribution in [1.29, 1.82) is 0 Å². The molecule has 0 amide bonds. The van der Waals surface area contributed by atoms with Crippen LogP contribution in [0.5, 0.6) is 5.75 Å². The predicted octanol–water partition coefficient (Wildman–Crippen LogP) is 5.93. The van der Waals surface area contributed by atoms with Crippen molar-refractivity contribution in [2.75, 3.05) is 6.61 Å². The van der Waals surface area contributed by atoms with Gasteiger partial charge in [0.05, 0.1) is 17.6 Å². The third-order valence-electron chi connectivity index (χ3n) is 5.62. The largest absolute Gasteiger partial charge is 0.491 e. The van der Waals surface area contributed by atoms with Crippen LogP contribution in [0.2, 0.25) is 0 Å². The van der Waals surface area contributed by atoms with Gasteiger partial charge in [0.25, 0.3) is 0 Å². The normalized spacial score (nSPS) is 14.2. The van der Waals surface area contributed by atoms with E-state index in [0.717, 1.165) is 35.4 Å². The summed E-state index contributed by atoms with van der Waals surface area (Å²) in [6, 6.07) is 16.3. The van der Waals surface area contributed by atoms with Gasteiger partial charge in [-0.25, -0.2) is 4.98 Å². The SMILES string of the molecule is CCC(C)c1ccccc1OCC(O)Cn1c(C(C)CC)nc2ccccc21.Cl. The quantitative estimate of drug-likeness (QED) is 0.470.